The lowest BCUT2D eigenvalue weighted by molar-refractivity contribution is -0.143. The Kier molecular flexibility index (Phi) is 4.89. The van der Waals surface area contributed by atoms with E-state index in [2.05, 4.69) is 10.2 Å². The number of carboxylic acid groups (broad SMARTS) is 1. The Bertz CT molecular complexity index is 287. The van der Waals surface area contributed by atoms with Crippen LogP contribution < -0.4 is 5.32 Å². The molecule has 0 bridgehead atoms. The number of aliphatic carboxylic acids is 1. The number of amides is 1. The number of likely N-dealkylation sites (N-methyl/N-ethyl adjacent to an activating group) is 1. The minimum atomic E-state index is -1.07. The van der Waals surface area contributed by atoms with Crippen LogP contribution in [0.1, 0.15) is 19.3 Å². The third-order valence-electron chi connectivity index (χ3n) is 3.31. The second-order valence-corrected chi connectivity index (χ2v) is 4.64. The van der Waals surface area contributed by atoms with Crippen molar-refractivity contribution in [2.75, 3.05) is 33.9 Å². The summed E-state index contributed by atoms with van der Waals surface area (Å²) in [6.45, 7) is -0.0443. The van der Waals surface area contributed by atoms with E-state index in [0.717, 1.165) is 12.8 Å². The first kappa shape index (κ1) is 13.9. The summed E-state index contributed by atoms with van der Waals surface area (Å²) >= 11 is 0. The summed E-state index contributed by atoms with van der Waals surface area (Å²) in [6.07, 6.45) is 3.34. The van der Waals surface area contributed by atoms with E-state index in [1.807, 2.05) is 14.1 Å². The molecule has 6 heteroatoms. The van der Waals surface area contributed by atoms with E-state index in [0.29, 0.717) is 6.54 Å². The van der Waals surface area contributed by atoms with Gasteiger partial charge in [-0.1, -0.05) is 0 Å². The van der Waals surface area contributed by atoms with Crippen LogP contribution >= 0.6 is 0 Å². The van der Waals surface area contributed by atoms with E-state index in [1.165, 1.54) is 6.42 Å². The number of nitrogens with one attached hydrogen (secondary N) is 1. The summed E-state index contributed by atoms with van der Waals surface area (Å²) in [5, 5.41) is 11.1. The van der Waals surface area contributed by atoms with Gasteiger partial charge in [-0.2, -0.15) is 0 Å². The van der Waals surface area contributed by atoms with Crippen molar-refractivity contribution in [1.82, 2.24) is 10.2 Å². The third kappa shape index (κ3) is 3.98. The Morgan fingerprint density at radius 3 is 2.41 bits per heavy atom. The zero-order valence-corrected chi connectivity index (χ0v) is 10.4. The van der Waals surface area contributed by atoms with Gasteiger partial charge in [0.05, 0.1) is 0 Å². The summed E-state index contributed by atoms with van der Waals surface area (Å²) in [6, 6.07) is 0. The first-order chi connectivity index (χ1) is 7.96. The fourth-order valence-corrected chi connectivity index (χ4v) is 1.91. The summed E-state index contributed by atoms with van der Waals surface area (Å²) in [5.74, 6) is -1.33. The molecule has 0 atom stereocenters. The molecule has 17 heavy (non-hydrogen) atoms. The predicted octanol–water partition coefficient (Wildman–Crippen LogP) is -0.312. The molecule has 0 radical (unpaired) electrons. The number of carbonyl (C=O) groups excluding carboxylic acids is 1. The molecule has 2 N–H and O–H groups in total. The molecule has 0 aromatic carbocycles. The fourth-order valence-electron chi connectivity index (χ4n) is 1.91. The number of rotatable bonds is 7. The lowest BCUT2D eigenvalue weighted by Crippen LogP contribution is -2.57. The first-order valence-electron chi connectivity index (χ1n) is 5.70. The number of carboxylic acids is 1. The van der Waals surface area contributed by atoms with Gasteiger partial charge >= 0.3 is 5.97 Å². The number of hydrogen-bond donors (Lipinski definition) is 2. The molecular weight excluding hydrogens is 224 g/mol. The Morgan fingerprint density at radius 1 is 1.35 bits per heavy atom. The molecule has 98 valence electrons. The highest BCUT2D eigenvalue weighted by molar-refractivity contribution is 5.77. The molecule has 0 aromatic rings. The fraction of sp³-hybridized carbons (Fsp3) is 0.818. The highest BCUT2D eigenvalue weighted by atomic mass is 16.5. The van der Waals surface area contributed by atoms with Gasteiger partial charge in [0.25, 0.3) is 0 Å². The van der Waals surface area contributed by atoms with Crippen LogP contribution in [-0.4, -0.2) is 61.3 Å². The normalized spacial score (nSPS) is 17.6. The van der Waals surface area contributed by atoms with Gasteiger partial charge in [-0.15, -0.1) is 0 Å². The Labute approximate surface area is 101 Å². The molecule has 1 amide bonds. The molecule has 1 rings (SSSR count). The summed E-state index contributed by atoms with van der Waals surface area (Å²) in [7, 11) is 4.01. The number of nitrogens with zero attached hydrogens (tertiary/aromatic N) is 1. The van der Waals surface area contributed by atoms with Crippen LogP contribution in [0.2, 0.25) is 0 Å². The van der Waals surface area contributed by atoms with Gasteiger partial charge in [-0.05, 0) is 33.4 Å². The third-order valence-corrected chi connectivity index (χ3v) is 3.31. The molecule has 0 aliphatic heterocycles. The summed E-state index contributed by atoms with van der Waals surface area (Å²) < 4.78 is 4.71. The average Bonchev–Trinajstić information content (AvgIpc) is 2.14. The zero-order valence-electron chi connectivity index (χ0n) is 10.4. The molecule has 1 fully saturated rings. The predicted molar refractivity (Wildman–Crippen MR) is 61.7 cm³/mol. The average molecular weight is 244 g/mol. The SMILES string of the molecule is CN(C)C1(CNC(=O)COCC(=O)O)CCC1. The second-order valence-electron chi connectivity index (χ2n) is 4.64. The van der Waals surface area contributed by atoms with Crippen LogP contribution in [0.4, 0.5) is 0 Å². The van der Waals surface area contributed by atoms with Gasteiger partial charge < -0.3 is 20.1 Å². The molecule has 1 saturated carbocycles. The van der Waals surface area contributed by atoms with Gasteiger partial charge in [0.1, 0.15) is 13.2 Å². The van der Waals surface area contributed by atoms with Crippen molar-refractivity contribution < 1.29 is 19.4 Å². The van der Waals surface area contributed by atoms with Crippen molar-refractivity contribution in [3.8, 4) is 0 Å². The largest absolute Gasteiger partial charge is 0.480 e. The number of hydrogen-bond acceptors (Lipinski definition) is 4. The Morgan fingerprint density at radius 2 is 2.00 bits per heavy atom. The molecule has 0 heterocycles. The van der Waals surface area contributed by atoms with Crippen molar-refractivity contribution in [2.24, 2.45) is 0 Å². The van der Waals surface area contributed by atoms with Gasteiger partial charge in [0.15, 0.2) is 0 Å². The second kappa shape index (κ2) is 5.97. The van der Waals surface area contributed by atoms with Gasteiger partial charge in [-0.25, -0.2) is 4.79 Å². The zero-order chi connectivity index (χ0) is 12.9. The Balaban J connectivity index is 2.21. The van der Waals surface area contributed by atoms with Crippen LogP contribution in [0.15, 0.2) is 0 Å². The van der Waals surface area contributed by atoms with Crippen LogP contribution in [0.25, 0.3) is 0 Å². The van der Waals surface area contributed by atoms with E-state index in [-0.39, 0.29) is 18.1 Å². The van der Waals surface area contributed by atoms with Gasteiger partial charge in [0.2, 0.25) is 5.91 Å². The van der Waals surface area contributed by atoms with Crippen molar-refractivity contribution in [3.63, 3.8) is 0 Å². The van der Waals surface area contributed by atoms with E-state index < -0.39 is 12.6 Å². The van der Waals surface area contributed by atoms with E-state index in [9.17, 15) is 9.59 Å². The smallest absolute Gasteiger partial charge is 0.329 e. The minimum Gasteiger partial charge on any atom is -0.480 e. The lowest BCUT2D eigenvalue weighted by atomic mass is 9.75. The number of ether oxygens (including phenoxy) is 1. The van der Waals surface area contributed by atoms with E-state index in [4.69, 9.17) is 9.84 Å². The maximum Gasteiger partial charge on any atom is 0.329 e. The molecule has 1 aliphatic rings. The van der Waals surface area contributed by atoms with E-state index >= 15 is 0 Å². The van der Waals surface area contributed by atoms with Crippen molar-refractivity contribution in [3.05, 3.63) is 0 Å². The standard InChI is InChI=1S/C11H20N2O4/c1-13(2)11(4-3-5-11)8-12-9(14)6-17-7-10(15)16/h3-8H2,1-2H3,(H,12,14)(H,15,16). The van der Waals surface area contributed by atoms with Gasteiger partial charge in [0, 0.05) is 12.1 Å². The van der Waals surface area contributed by atoms with Crippen LogP contribution in [0, 0.1) is 0 Å². The summed E-state index contributed by atoms with van der Waals surface area (Å²) in [4.78, 5) is 23.7. The Hall–Kier alpha value is -1.14. The monoisotopic (exact) mass is 244 g/mol. The highest BCUT2D eigenvalue weighted by Crippen LogP contribution is 2.35. The first-order valence-corrected chi connectivity index (χ1v) is 5.70. The molecule has 1 aliphatic carbocycles. The summed E-state index contributed by atoms with van der Waals surface area (Å²) in [5.41, 5.74) is 0.0719. The molecule has 0 unspecified atom stereocenters. The molecule has 0 spiro atoms. The van der Waals surface area contributed by atoms with Crippen molar-refractivity contribution >= 4 is 11.9 Å². The molecule has 0 aromatic heterocycles. The van der Waals surface area contributed by atoms with Gasteiger partial charge in [-0.3, -0.25) is 4.79 Å². The quantitative estimate of drug-likeness (QED) is 0.642. The molecule has 0 saturated heterocycles. The maximum absolute atomic E-state index is 11.4. The van der Waals surface area contributed by atoms with E-state index in [1.54, 1.807) is 0 Å². The van der Waals surface area contributed by atoms with Crippen molar-refractivity contribution in [1.29, 1.82) is 0 Å². The maximum atomic E-state index is 11.4. The van der Waals surface area contributed by atoms with Crippen LogP contribution in [0.5, 0.6) is 0 Å². The van der Waals surface area contributed by atoms with Crippen molar-refractivity contribution in [2.45, 2.75) is 24.8 Å². The van der Waals surface area contributed by atoms with Crippen LogP contribution in [0.3, 0.4) is 0 Å². The molecular formula is C11H20N2O4. The minimum absolute atomic E-state index is 0.0719. The topological polar surface area (TPSA) is 78.9 Å². The molecule has 6 nitrogen and oxygen atoms in total. The number of carbonyl (C=O) groups is 2. The lowest BCUT2D eigenvalue weighted by Gasteiger charge is -2.47. The highest BCUT2D eigenvalue weighted by Gasteiger charge is 2.39. The van der Waals surface area contributed by atoms with Crippen LogP contribution in [-0.2, 0) is 14.3 Å².